The molecule has 0 aliphatic heterocycles. The van der Waals surface area contributed by atoms with Crippen molar-refractivity contribution in [3.8, 4) is 0 Å². The van der Waals surface area contributed by atoms with Crippen LogP contribution < -0.4 is 5.32 Å². The summed E-state index contributed by atoms with van der Waals surface area (Å²) >= 11 is 0. The fraction of sp³-hybridized carbons (Fsp3) is 0.769. The van der Waals surface area contributed by atoms with Gasteiger partial charge in [0.25, 0.3) is 0 Å². The monoisotopic (exact) mass is 221 g/mol. The molecule has 0 saturated heterocycles. The van der Waals surface area contributed by atoms with E-state index in [1.807, 2.05) is 6.20 Å². The van der Waals surface area contributed by atoms with Crippen molar-refractivity contribution in [1.82, 2.24) is 15.5 Å². The Labute approximate surface area is 98.0 Å². The van der Waals surface area contributed by atoms with Crippen LogP contribution in [0.15, 0.2) is 6.20 Å². The molecule has 2 N–H and O–H groups in total. The van der Waals surface area contributed by atoms with E-state index in [0.29, 0.717) is 0 Å². The molecule has 0 unspecified atom stereocenters. The average molecular weight is 221 g/mol. The molecule has 0 spiro atoms. The summed E-state index contributed by atoms with van der Waals surface area (Å²) in [5.41, 5.74) is 2.73. The third-order valence-corrected chi connectivity index (χ3v) is 3.44. The lowest BCUT2D eigenvalue weighted by Crippen LogP contribution is -2.27. The molecule has 1 aliphatic carbocycles. The van der Waals surface area contributed by atoms with Crippen LogP contribution in [0.2, 0.25) is 0 Å². The van der Waals surface area contributed by atoms with Crippen molar-refractivity contribution in [2.24, 2.45) is 5.92 Å². The molecule has 1 heterocycles. The minimum atomic E-state index is 0.157. The Balaban J connectivity index is 1.86. The first kappa shape index (κ1) is 11.6. The van der Waals surface area contributed by atoms with E-state index in [4.69, 9.17) is 0 Å². The van der Waals surface area contributed by atoms with Crippen LogP contribution in [0.5, 0.6) is 0 Å². The van der Waals surface area contributed by atoms with Gasteiger partial charge in [-0.3, -0.25) is 5.10 Å². The second kappa shape index (κ2) is 4.58. The van der Waals surface area contributed by atoms with Crippen molar-refractivity contribution in [2.45, 2.75) is 52.0 Å². The van der Waals surface area contributed by atoms with Crippen molar-refractivity contribution in [3.05, 3.63) is 17.5 Å². The summed E-state index contributed by atoms with van der Waals surface area (Å²) in [6.07, 6.45) is 6.19. The lowest BCUT2D eigenvalue weighted by Gasteiger charge is -2.25. The van der Waals surface area contributed by atoms with E-state index < -0.39 is 0 Å². The minimum Gasteiger partial charge on any atom is -0.312 e. The third kappa shape index (κ3) is 2.64. The summed E-state index contributed by atoms with van der Waals surface area (Å²) in [5, 5.41) is 10.8. The first-order valence-electron chi connectivity index (χ1n) is 6.31. The molecule has 0 amide bonds. The molecule has 0 bridgehead atoms. The molecule has 90 valence electrons. The SMILES string of the molecule is CC(C)(C)c1[nH]ncc1CNCC1CCC1. The molecule has 1 aliphatic rings. The molecular formula is C13H23N3. The van der Waals surface area contributed by atoms with E-state index in [9.17, 15) is 0 Å². The quantitative estimate of drug-likeness (QED) is 0.820. The van der Waals surface area contributed by atoms with Gasteiger partial charge in [0.2, 0.25) is 0 Å². The lowest BCUT2D eigenvalue weighted by atomic mass is 9.85. The van der Waals surface area contributed by atoms with Crippen molar-refractivity contribution in [3.63, 3.8) is 0 Å². The van der Waals surface area contributed by atoms with Crippen LogP contribution in [0.3, 0.4) is 0 Å². The molecule has 2 rings (SSSR count). The number of nitrogens with zero attached hydrogens (tertiary/aromatic N) is 1. The second-order valence-corrected chi connectivity index (χ2v) is 5.95. The number of aromatic amines is 1. The third-order valence-electron chi connectivity index (χ3n) is 3.44. The van der Waals surface area contributed by atoms with Gasteiger partial charge in [-0.1, -0.05) is 27.2 Å². The van der Waals surface area contributed by atoms with Gasteiger partial charge in [0, 0.05) is 23.2 Å². The predicted octanol–water partition coefficient (Wildman–Crippen LogP) is 2.60. The summed E-state index contributed by atoms with van der Waals surface area (Å²) in [5.74, 6) is 0.921. The van der Waals surface area contributed by atoms with Gasteiger partial charge in [0.05, 0.1) is 6.20 Å². The van der Waals surface area contributed by atoms with Crippen molar-refractivity contribution in [2.75, 3.05) is 6.54 Å². The summed E-state index contributed by atoms with van der Waals surface area (Å²) in [6.45, 7) is 8.76. The Bertz CT molecular complexity index is 331. The highest BCUT2D eigenvalue weighted by Crippen LogP contribution is 2.26. The fourth-order valence-corrected chi connectivity index (χ4v) is 2.20. The smallest absolute Gasteiger partial charge is 0.0535 e. The van der Waals surface area contributed by atoms with Crippen molar-refractivity contribution < 1.29 is 0 Å². The molecule has 1 aromatic rings. The molecule has 1 aromatic heterocycles. The molecule has 0 aromatic carbocycles. The van der Waals surface area contributed by atoms with Crippen LogP contribution in [0.1, 0.15) is 51.3 Å². The molecule has 16 heavy (non-hydrogen) atoms. The number of hydrogen-bond donors (Lipinski definition) is 2. The maximum absolute atomic E-state index is 4.16. The predicted molar refractivity (Wildman–Crippen MR) is 66.3 cm³/mol. The number of aromatic nitrogens is 2. The minimum absolute atomic E-state index is 0.157. The van der Waals surface area contributed by atoms with Gasteiger partial charge in [0.1, 0.15) is 0 Å². The van der Waals surface area contributed by atoms with Gasteiger partial charge < -0.3 is 5.32 Å². The summed E-state index contributed by atoms with van der Waals surface area (Å²) in [6, 6.07) is 0. The Morgan fingerprint density at radius 1 is 1.44 bits per heavy atom. The highest BCUT2D eigenvalue weighted by Gasteiger charge is 2.20. The maximum Gasteiger partial charge on any atom is 0.0535 e. The van der Waals surface area contributed by atoms with Gasteiger partial charge in [-0.2, -0.15) is 5.10 Å². The van der Waals surface area contributed by atoms with Crippen LogP contribution in [-0.4, -0.2) is 16.7 Å². The Hall–Kier alpha value is -0.830. The topological polar surface area (TPSA) is 40.7 Å². The molecular weight excluding hydrogens is 198 g/mol. The van der Waals surface area contributed by atoms with Crippen LogP contribution in [-0.2, 0) is 12.0 Å². The molecule has 3 heteroatoms. The number of H-pyrrole nitrogens is 1. The van der Waals surface area contributed by atoms with Crippen LogP contribution >= 0.6 is 0 Å². The van der Waals surface area contributed by atoms with E-state index in [-0.39, 0.29) is 5.41 Å². The Morgan fingerprint density at radius 3 is 2.75 bits per heavy atom. The van der Waals surface area contributed by atoms with E-state index >= 15 is 0 Å². The zero-order valence-corrected chi connectivity index (χ0v) is 10.6. The highest BCUT2D eigenvalue weighted by molar-refractivity contribution is 5.23. The van der Waals surface area contributed by atoms with Crippen LogP contribution in [0, 0.1) is 5.92 Å². The first-order valence-corrected chi connectivity index (χ1v) is 6.31. The maximum atomic E-state index is 4.16. The van der Waals surface area contributed by atoms with E-state index in [0.717, 1.165) is 19.0 Å². The van der Waals surface area contributed by atoms with E-state index in [1.54, 1.807) is 0 Å². The van der Waals surface area contributed by atoms with Gasteiger partial charge in [-0.05, 0) is 25.3 Å². The Kier molecular flexibility index (Phi) is 3.33. The summed E-state index contributed by atoms with van der Waals surface area (Å²) in [4.78, 5) is 0. The average Bonchev–Trinajstić information content (AvgIpc) is 2.56. The van der Waals surface area contributed by atoms with E-state index in [2.05, 4.69) is 36.3 Å². The zero-order valence-electron chi connectivity index (χ0n) is 10.6. The number of nitrogens with one attached hydrogen (secondary N) is 2. The van der Waals surface area contributed by atoms with Crippen molar-refractivity contribution in [1.29, 1.82) is 0 Å². The largest absolute Gasteiger partial charge is 0.312 e. The number of rotatable bonds is 4. The molecule has 0 atom stereocenters. The van der Waals surface area contributed by atoms with Crippen molar-refractivity contribution >= 4 is 0 Å². The van der Waals surface area contributed by atoms with Crippen LogP contribution in [0.25, 0.3) is 0 Å². The fourth-order valence-electron chi connectivity index (χ4n) is 2.20. The van der Waals surface area contributed by atoms with Gasteiger partial charge in [-0.25, -0.2) is 0 Å². The van der Waals surface area contributed by atoms with E-state index in [1.165, 1.54) is 30.5 Å². The first-order chi connectivity index (χ1) is 7.57. The molecule has 0 radical (unpaired) electrons. The standard InChI is InChI=1S/C13H23N3/c1-13(2,3)12-11(9-15-16-12)8-14-7-10-5-4-6-10/h9-10,14H,4-8H2,1-3H3,(H,15,16). The van der Waals surface area contributed by atoms with Gasteiger partial charge in [-0.15, -0.1) is 0 Å². The summed E-state index contributed by atoms with van der Waals surface area (Å²) < 4.78 is 0. The van der Waals surface area contributed by atoms with Gasteiger partial charge >= 0.3 is 0 Å². The summed E-state index contributed by atoms with van der Waals surface area (Å²) in [7, 11) is 0. The highest BCUT2D eigenvalue weighted by atomic mass is 15.1. The molecule has 1 fully saturated rings. The lowest BCUT2D eigenvalue weighted by molar-refractivity contribution is 0.301. The number of hydrogen-bond acceptors (Lipinski definition) is 2. The van der Waals surface area contributed by atoms with Crippen LogP contribution in [0.4, 0.5) is 0 Å². The normalized spacial score (nSPS) is 17.4. The van der Waals surface area contributed by atoms with Gasteiger partial charge in [0.15, 0.2) is 0 Å². The zero-order chi connectivity index (χ0) is 11.6. The molecule has 3 nitrogen and oxygen atoms in total. The molecule has 1 saturated carbocycles. The second-order valence-electron chi connectivity index (χ2n) is 5.95. The Morgan fingerprint density at radius 2 is 2.19 bits per heavy atom.